The fourth-order valence-electron chi connectivity index (χ4n) is 3.11. The van der Waals surface area contributed by atoms with Crippen LogP contribution in [-0.4, -0.2) is 43.5 Å². The minimum atomic E-state index is -3.97. The van der Waals surface area contributed by atoms with E-state index in [1.165, 1.54) is 24.3 Å². The first-order valence-electron chi connectivity index (χ1n) is 7.70. The number of carboxylic acids is 1. The monoisotopic (exact) mass is 380 g/mol. The standard InChI is InChI=1S/C16H16N2O7S/c1-8(19)18-26(23,24)10-4-2-9(3-5-10)17-15(20)13-11-6-7-12(25-11)14(13)16(21)22/h2-7,11-14H,1H3,(H,17,20)(H,18,19)(H,21,22)/t11-,12-,13-,14-/m1/s1. The number of carboxylic acid groups (broad SMARTS) is 1. The Kier molecular flexibility index (Phi) is 4.55. The molecule has 26 heavy (non-hydrogen) atoms. The van der Waals surface area contributed by atoms with E-state index in [2.05, 4.69) is 5.32 Å². The molecule has 138 valence electrons. The highest BCUT2D eigenvalue weighted by Gasteiger charge is 2.53. The summed E-state index contributed by atoms with van der Waals surface area (Å²) in [6.07, 6.45) is 2.07. The van der Waals surface area contributed by atoms with Crippen molar-refractivity contribution in [1.29, 1.82) is 0 Å². The van der Waals surface area contributed by atoms with Gasteiger partial charge in [-0.25, -0.2) is 13.1 Å². The van der Waals surface area contributed by atoms with E-state index in [1.54, 1.807) is 12.2 Å². The molecule has 2 aliphatic rings. The van der Waals surface area contributed by atoms with Gasteiger partial charge >= 0.3 is 5.97 Å². The fourth-order valence-corrected chi connectivity index (χ4v) is 4.10. The van der Waals surface area contributed by atoms with Crippen LogP contribution in [0.1, 0.15) is 6.92 Å². The lowest BCUT2D eigenvalue weighted by atomic mass is 9.82. The third kappa shape index (κ3) is 3.33. The molecule has 2 amide bonds. The van der Waals surface area contributed by atoms with Crippen molar-refractivity contribution in [3.8, 4) is 0 Å². The van der Waals surface area contributed by atoms with Gasteiger partial charge in [-0.15, -0.1) is 0 Å². The topological polar surface area (TPSA) is 139 Å². The molecule has 2 bridgehead atoms. The Labute approximate surface area is 149 Å². The first-order valence-corrected chi connectivity index (χ1v) is 9.18. The molecule has 1 aromatic rings. The summed E-state index contributed by atoms with van der Waals surface area (Å²) in [5.41, 5.74) is 0.299. The molecule has 3 rings (SSSR count). The molecule has 10 heteroatoms. The predicted molar refractivity (Wildman–Crippen MR) is 88.5 cm³/mol. The van der Waals surface area contributed by atoms with E-state index in [0.29, 0.717) is 5.69 Å². The second kappa shape index (κ2) is 6.54. The second-order valence-corrected chi connectivity index (χ2v) is 7.70. The lowest BCUT2D eigenvalue weighted by Gasteiger charge is -2.21. The molecule has 0 saturated carbocycles. The van der Waals surface area contributed by atoms with Crippen LogP contribution in [0.25, 0.3) is 0 Å². The summed E-state index contributed by atoms with van der Waals surface area (Å²) in [6.45, 7) is 1.08. The zero-order valence-corrected chi connectivity index (χ0v) is 14.4. The van der Waals surface area contributed by atoms with Crippen LogP contribution in [0.3, 0.4) is 0 Å². The molecule has 4 atom stereocenters. The van der Waals surface area contributed by atoms with Gasteiger partial charge < -0.3 is 15.2 Å². The second-order valence-electron chi connectivity index (χ2n) is 6.02. The fraction of sp³-hybridized carbons (Fsp3) is 0.312. The largest absolute Gasteiger partial charge is 0.481 e. The van der Waals surface area contributed by atoms with Crippen LogP contribution in [0, 0.1) is 11.8 Å². The molecule has 0 radical (unpaired) electrons. The summed E-state index contributed by atoms with van der Waals surface area (Å²) >= 11 is 0. The summed E-state index contributed by atoms with van der Waals surface area (Å²) in [7, 11) is -3.97. The number of carbonyl (C=O) groups excluding carboxylic acids is 2. The van der Waals surface area contributed by atoms with Gasteiger partial charge in [0.05, 0.1) is 23.0 Å². The third-order valence-corrected chi connectivity index (χ3v) is 5.65. The van der Waals surface area contributed by atoms with Crippen LogP contribution in [0.4, 0.5) is 5.69 Å². The molecule has 0 aromatic heterocycles. The number of sulfonamides is 1. The van der Waals surface area contributed by atoms with E-state index in [1.807, 2.05) is 4.72 Å². The van der Waals surface area contributed by atoms with Gasteiger partial charge in [0.15, 0.2) is 0 Å². The van der Waals surface area contributed by atoms with Gasteiger partial charge in [0, 0.05) is 12.6 Å². The summed E-state index contributed by atoms with van der Waals surface area (Å²) in [4.78, 5) is 34.7. The molecule has 1 saturated heterocycles. The summed E-state index contributed by atoms with van der Waals surface area (Å²) < 4.78 is 31.0. The number of ether oxygens (including phenoxy) is 1. The van der Waals surface area contributed by atoms with Crippen LogP contribution >= 0.6 is 0 Å². The van der Waals surface area contributed by atoms with Crippen molar-refractivity contribution in [1.82, 2.24) is 4.72 Å². The molecule has 2 heterocycles. The SMILES string of the molecule is CC(=O)NS(=O)(=O)c1ccc(NC(=O)[C@H]2[C@H](C(=O)O)[C@H]3C=C[C@H]2O3)cc1. The lowest BCUT2D eigenvalue weighted by molar-refractivity contribution is -0.145. The molecule has 3 N–H and O–H groups in total. The number of fused-ring (bicyclic) bond motifs is 2. The van der Waals surface area contributed by atoms with Crippen molar-refractivity contribution < 1.29 is 32.6 Å². The number of nitrogens with one attached hydrogen (secondary N) is 2. The van der Waals surface area contributed by atoms with Gasteiger partial charge in [-0.3, -0.25) is 14.4 Å². The van der Waals surface area contributed by atoms with Gasteiger partial charge in [-0.05, 0) is 24.3 Å². The Balaban J connectivity index is 1.73. The Bertz CT molecular complexity index is 892. The minimum absolute atomic E-state index is 0.139. The van der Waals surface area contributed by atoms with Gasteiger partial charge in [-0.1, -0.05) is 12.2 Å². The highest BCUT2D eigenvalue weighted by atomic mass is 32.2. The lowest BCUT2D eigenvalue weighted by Crippen LogP contribution is -2.39. The Hall–Kier alpha value is -2.72. The smallest absolute Gasteiger partial charge is 0.310 e. The van der Waals surface area contributed by atoms with Crippen LogP contribution in [0.2, 0.25) is 0 Å². The van der Waals surface area contributed by atoms with E-state index in [9.17, 15) is 27.9 Å². The average Bonchev–Trinajstić information content (AvgIpc) is 3.15. The van der Waals surface area contributed by atoms with Crippen molar-refractivity contribution in [3.63, 3.8) is 0 Å². The van der Waals surface area contributed by atoms with E-state index in [-0.39, 0.29) is 4.90 Å². The molecule has 0 spiro atoms. The number of anilines is 1. The van der Waals surface area contributed by atoms with Gasteiger partial charge in [0.25, 0.3) is 10.0 Å². The Morgan fingerprint density at radius 1 is 1.04 bits per heavy atom. The quantitative estimate of drug-likeness (QED) is 0.616. The van der Waals surface area contributed by atoms with Gasteiger partial charge in [0.1, 0.15) is 5.92 Å². The molecule has 0 unspecified atom stereocenters. The number of rotatable bonds is 5. The van der Waals surface area contributed by atoms with Crippen molar-refractivity contribution >= 4 is 33.5 Å². The number of aliphatic carboxylic acids is 1. The minimum Gasteiger partial charge on any atom is -0.481 e. The summed E-state index contributed by atoms with van der Waals surface area (Å²) in [5, 5.41) is 11.9. The molecule has 1 aromatic carbocycles. The molecule has 1 fully saturated rings. The average molecular weight is 380 g/mol. The molecular formula is C16H16N2O7S. The van der Waals surface area contributed by atoms with E-state index in [4.69, 9.17) is 4.74 Å². The Morgan fingerprint density at radius 2 is 1.62 bits per heavy atom. The third-order valence-electron chi connectivity index (χ3n) is 4.20. The molecular weight excluding hydrogens is 364 g/mol. The maximum absolute atomic E-state index is 12.5. The molecule has 9 nitrogen and oxygen atoms in total. The van der Waals surface area contributed by atoms with E-state index < -0.39 is 51.9 Å². The van der Waals surface area contributed by atoms with Gasteiger partial charge in [-0.2, -0.15) is 0 Å². The number of benzene rings is 1. The van der Waals surface area contributed by atoms with E-state index >= 15 is 0 Å². The van der Waals surface area contributed by atoms with Crippen molar-refractivity contribution in [3.05, 3.63) is 36.4 Å². The van der Waals surface area contributed by atoms with Crippen LogP contribution in [-0.2, 0) is 29.1 Å². The zero-order chi connectivity index (χ0) is 19.1. The van der Waals surface area contributed by atoms with E-state index in [0.717, 1.165) is 6.92 Å². The number of amides is 2. The Morgan fingerprint density at radius 3 is 2.15 bits per heavy atom. The van der Waals surface area contributed by atoms with Crippen molar-refractivity contribution in [2.24, 2.45) is 11.8 Å². The molecule has 0 aliphatic carbocycles. The highest BCUT2D eigenvalue weighted by Crippen LogP contribution is 2.39. The van der Waals surface area contributed by atoms with Crippen LogP contribution < -0.4 is 10.0 Å². The van der Waals surface area contributed by atoms with Crippen molar-refractivity contribution in [2.75, 3.05) is 5.32 Å². The van der Waals surface area contributed by atoms with Crippen molar-refractivity contribution in [2.45, 2.75) is 24.0 Å². The normalized spacial score (nSPS) is 26.5. The maximum Gasteiger partial charge on any atom is 0.310 e. The van der Waals surface area contributed by atoms with Gasteiger partial charge in [0.2, 0.25) is 11.8 Å². The highest BCUT2D eigenvalue weighted by molar-refractivity contribution is 7.90. The van der Waals surface area contributed by atoms with Crippen LogP contribution in [0.15, 0.2) is 41.3 Å². The first kappa shape index (κ1) is 18.1. The maximum atomic E-state index is 12.5. The molecule has 2 aliphatic heterocycles. The van der Waals surface area contributed by atoms with Crippen LogP contribution in [0.5, 0.6) is 0 Å². The number of hydrogen-bond donors (Lipinski definition) is 3. The number of carbonyl (C=O) groups is 3. The zero-order valence-electron chi connectivity index (χ0n) is 13.6. The summed E-state index contributed by atoms with van der Waals surface area (Å²) in [6, 6.07) is 5.16. The first-order chi connectivity index (χ1) is 12.2. The predicted octanol–water partition coefficient (Wildman–Crippen LogP) is 0.104. The number of hydrogen-bond acceptors (Lipinski definition) is 6. The summed E-state index contributed by atoms with van der Waals surface area (Å²) in [5.74, 6) is -4.19.